The second-order valence-corrected chi connectivity index (χ2v) is 10.9. The van der Waals surface area contributed by atoms with Gasteiger partial charge in [-0.1, -0.05) is 12.1 Å². The van der Waals surface area contributed by atoms with Crippen molar-refractivity contribution in [2.75, 3.05) is 19.7 Å². The molecular formula is C32H32F3N3O5. The first-order chi connectivity index (χ1) is 20.8. The number of hydrogen-bond donors (Lipinski definition) is 1. The summed E-state index contributed by atoms with van der Waals surface area (Å²) in [6.45, 7) is 3.71. The van der Waals surface area contributed by atoms with Crippen LogP contribution in [-0.4, -0.2) is 57.4 Å². The molecule has 3 aromatic carbocycles. The van der Waals surface area contributed by atoms with E-state index in [1.807, 2.05) is 24.3 Å². The minimum Gasteiger partial charge on any atom is -0.490 e. The zero-order valence-electron chi connectivity index (χ0n) is 23.4. The van der Waals surface area contributed by atoms with Crippen molar-refractivity contribution in [3.63, 3.8) is 0 Å². The molecule has 3 heterocycles. The third-order valence-electron chi connectivity index (χ3n) is 7.96. The van der Waals surface area contributed by atoms with Crippen LogP contribution in [0.15, 0.2) is 60.7 Å². The van der Waals surface area contributed by atoms with Crippen LogP contribution >= 0.6 is 0 Å². The van der Waals surface area contributed by atoms with Gasteiger partial charge < -0.3 is 23.9 Å². The fourth-order valence-corrected chi connectivity index (χ4v) is 5.48. The number of alkyl halides is 2. The van der Waals surface area contributed by atoms with Crippen LogP contribution in [0.4, 0.5) is 13.2 Å². The summed E-state index contributed by atoms with van der Waals surface area (Å²) in [7, 11) is 0. The molecule has 0 amide bonds. The van der Waals surface area contributed by atoms with Crippen molar-refractivity contribution in [3.05, 3.63) is 89.0 Å². The van der Waals surface area contributed by atoms with Crippen LogP contribution in [0.25, 0.3) is 11.0 Å². The van der Waals surface area contributed by atoms with E-state index < -0.39 is 18.2 Å². The first-order valence-corrected chi connectivity index (χ1v) is 14.3. The van der Waals surface area contributed by atoms with E-state index in [1.165, 1.54) is 6.07 Å². The molecule has 0 saturated carbocycles. The number of imidazole rings is 1. The van der Waals surface area contributed by atoms with Crippen molar-refractivity contribution in [3.8, 4) is 11.5 Å². The number of carbonyl (C=O) groups is 1. The number of aromatic nitrogens is 2. The van der Waals surface area contributed by atoms with Gasteiger partial charge in [0.25, 0.3) is 6.43 Å². The normalized spacial score (nSPS) is 17.7. The van der Waals surface area contributed by atoms with E-state index in [1.54, 1.807) is 18.2 Å². The fraction of sp³-hybridized carbons (Fsp3) is 0.375. The smallest absolute Gasteiger partial charge is 0.335 e. The average molecular weight is 596 g/mol. The van der Waals surface area contributed by atoms with Crippen molar-refractivity contribution in [2.24, 2.45) is 0 Å². The lowest BCUT2D eigenvalue weighted by Gasteiger charge is -2.32. The molecule has 0 aliphatic carbocycles. The highest BCUT2D eigenvalue weighted by Gasteiger charge is 2.26. The Bertz CT molecular complexity index is 1600. The highest BCUT2D eigenvalue weighted by atomic mass is 19.3. The van der Waals surface area contributed by atoms with Gasteiger partial charge in [0.05, 0.1) is 35.8 Å². The molecule has 226 valence electrons. The summed E-state index contributed by atoms with van der Waals surface area (Å²) in [6, 6.07) is 15.6. The Labute approximate surface area is 246 Å². The number of aromatic carboxylic acids is 1. The molecule has 11 heteroatoms. The van der Waals surface area contributed by atoms with E-state index in [-0.39, 0.29) is 35.7 Å². The standard InChI is InChI=1S/C32H32F3N3O5/c33-26-15-21(31(34)35)5-7-29(26)42-19-20-2-1-3-24(14-20)43-23-8-11-37(12-9-23)18-30-36-27-6-4-22(32(39)40)16-28(27)38(30)17-25-10-13-41-25/h1-7,14-16,23,25,31H,8-13,17-19H2,(H,39,40)/t25-/m0/s1. The van der Waals surface area contributed by atoms with Crippen LogP contribution in [0.2, 0.25) is 0 Å². The Morgan fingerprint density at radius 2 is 1.88 bits per heavy atom. The van der Waals surface area contributed by atoms with Gasteiger partial charge in [0.2, 0.25) is 0 Å². The number of benzene rings is 3. The molecule has 1 N–H and O–H groups in total. The first-order valence-electron chi connectivity index (χ1n) is 14.3. The predicted molar refractivity (Wildman–Crippen MR) is 152 cm³/mol. The molecule has 0 radical (unpaired) electrons. The number of likely N-dealkylation sites (tertiary alicyclic amines) is 1. The van der Waals surface area contributed by atoms with E-state index >= 15 is 0 Å². The zero-order valence-corrected chi connectivity index (χ0v) is 23.4. The number of halogens is 3. The molecule has 2 saturated heterocycles. The molecule has 8 nitrogen and oxygen atoms in total. The molecule has 2 aliphatic heterocycles. The van der Waals surface area contributed by atoms with Gasteiger partial charge in [0, 0.05) is 25.3 Å². The Kier molecular flexibility index (Phi) is 8.53. The van der Waals surface area contributed by atoms with E-state index in [4.69, 9.17) is 19.2 Å². The average Bonchev–Trinajstić information content (AvgIpc) is 3.31. The Balaban J connectivity index is 1.05. The summed E-state index contributed by atoms with van der Waals surface area (Å²) in [5.74, 6) is -0.301. The Morgan fingerprint density at radius 1 is 1.07 bits per heavy atom. The number of hydrogen-bond acceptors (Lipinski definition) is 6. The van der Waals surface area contributed by atoms with Gasteiger partial charge in [-0.25, -0.2) is 22.9 Å². The van der Waals surface area contributed by atoms with Gasteiger partial charge in [-0.05, 0) is 73.4 Å². The highest BCUT2D eigenvalue weighted by molar-refractivity contribution is 5.92. The lowest BCUT2D eigenvalue weighted by Crippen LogP contribution is -2.39. The quantitative estimate of drug-likeness (QED) is 0.220. The number of rotatable bonds is 11. The lowest BCUT2D eigenvalue weighted by atomic mass is 10.1. The molecule has 4 aromatic rings. The van der Waals surface area contributed by atoms with Crippen molar-refractivity contribution in [2.45, 2.75) is 57.6 Å². The van der Waals surface area contributed by atoms with Crippen LogP contribution in [0.5, 0.6) is 11.5 Å². The van der Waals surface area contributed by atoms with Gasteiger partial charge in [0.1, 0.15) is 24.3 Å². The minimum atomic E-state index is -2.74. The molecule has 6 rings (SSSR count). The summed E-state index contributed by atoms with van der Waals surface area (Å²) in [6.07, 6.45) is -0.00981. The van der Waals surface area contributed by atoms with E-state index in [0.29, 0.717) is 18.8 Å². The number of carboxylic acids is 1. The zero-order chi connectivity index (χ0) is 29.9. The molecule has 43 heavy (non-hydrogen) atoms. The maximum absolute atomic E-state index is 14.1. The third kappa shape index (κ3) is 6.78. The van der Waals surface area contributed by atoms with Crippen LogP contribution in [0.3, 0.4) is 0 Å². The largest absolute Gasteiger partial charge is 0.490 e. The summed E-state index contributed by atoms with van der Waals surface area (Å²) in [5.41, 5.74) is 2.20. The second-order valence-electron chi connectivity index (χ2n) is 10.9. The molecule has 2 fully saturated rings. The number of piperidine rings is 1. The van der Waals surface area contributed by atoms with Crippen LogP contribution in [-0.2, 0) is 24.4 Å². The summed E-state index contributed by atoms with van der Waals surface area (Å²) < 4.78 is 59.3. The molecule has 0 bridgehead atoms. The molecule has 0 unspecified atom stereocenters. The van der Waals surface area contributed by atoms with E-state index in [2.05, 4.69) is 9.47 Å². The number of ether oxygens (including phenoxy) is 3. The third-order valence-corrected chi connectivity index (χ3v) is 7.96. The van der Waals surface area contributed by atoms with Crippen LogP contribution in [0.1, 0.15) is 53.0 Å². The van der Waals surface area contributed by atoms with Crippen LogP contribution < -0.4 is 9.47 Å². The number of fused-ring (bicyclic) bond motifs is 1. The highest BCUT2D eigenvalue weighted by Crippen LogP contribution is 2.28. The SMILES string of the molecule is O=C(O)c1ccc2nc(CN3CCC(Oc4cccc(COc5ccc(C(F)F)cc5F)c4)CC3)n(C[C@@H]3CCO3)c2c1. The van der Waals surface area contributed by atoms with Crippen molar-refractivity contribution < 1.29 is 37.3 Å². The summed E-state index contributed by atoms with van der Waals surface area (Å²) >= 11 is 0. The lowest BCUT2D eigenvalue weighted by molar-refractivity contribution is -0.0592. The molecule has 2 aliphatic rings. The Morgan fingerprint density at radius 3 is 2.58 bits per heavy atom. The monoisotopic (exact) mass is 595 g/mol. The maximum atomic E-state index is 14.1. The molecular weight excluding hydrogens is 563 g/mol. The molecule has 1 aromatic heterocycles. The first kappa shape index (κ1) is 29.0. The van der Waals surface area contributed by atoms with Crippen LogP contribution in [0, 0.1) is 5.82 Å². The number of carboxylic acid groups (broad SMARTS) is 1. The maximum Gasteiger partial charge on any atom is 0.335 e. The molecule has 0 spiro atoms. The van der Waals surface area contributed by atoms with Crippen molar-refractivity contribution in [1.82, 2.24) is 14.5 Å². The summed E-state index contributed by atoms with van der Waals surface area (Å²) in [4.78, 5) is 18.7. The predicted octanol–water partition coefficient (Wildman–Crippen LogP) is 6.22. The van der Waals surface area contributed by atoms with E-state index in [9.17, 15) is 23.1 Å². The second kappa shape index (κ2) is 12.6. The van der Waals surface area contributed by atoms with Gasteiger partial charge in [-0.3, -0.25) is 4.90 Å². The van der Waals surface area contributed by atoms with Gasteiger partial charge in [-0.15, -0.1) is 0 Å². The summed E-state index contributed by atoms with van der Waals surface area (Å²) in [5, 5.41) is 9.48. The number of nitrogens with zero attached hydrogens (tertiary/aromatic N) is 3. The van der Waals surface area contributed by atoms with Gasteiger partial charge >= 0.3 is 5.97 Å². The van der Waals surface area contributed by atoms with Gasteiger partial charge in [-0.2, -0.15) is 0 Å². The van der Waals surface area contributed by atoms with Gasteiger partial charge in [0.15, 0.2) is 11.6 Å². The fourth-order valence-electron chi connectivity index (χ4n) is 5.48. The van der Waals surface area contributed by atoms with E-state index in [0.717, 1.165) is 73.5 Å². The van der Waals surface area contributed by atoms with Crippen molar-refractivity contribution in [1.29, 1.82) is 0 Å². The Hall–Kier alpha value is -4.09. The minimum absolute atomic E-state index is 0.0204. The molecule has 1 atom stereocenters. The topological polar surface area (TPSA) is 86.0 Å². The van der Waals surface area contributed by atoms with Crippen molar-refractivity contribution >= 4 is 17.0 Å².